The fourth-order valence-corrected chi connectivity index (χ4v) is 2.06. The molecule has 0 aliphatic heterocycles. The molecule has 0 fully saturated rings. The van der Waals surface area contributed by atoms with E-state index in [9.17, 15) is 18.0 Å². The van der Waals surface area contributed by atoms with Gasteiger partial charge in [-0.1, -0.05) is 0 Å². The van der Waals surface area contributed by atoms with Gasteiger partial charge in [-0.25, -0.2) is 8.42 Å². The summed E-state index contributed by atoms with van der Waals surface area (Å²) in [6.07, 6.45) is 1.09. The first-order valence-electron chi connectivity index (χ1n) is 4.68. The third-order valence-corrected chi connectivity index (χ3v) is 2.70. The summed E-state index contributed by atoms with van der Waals surface area (Å²) < 4.78 is 21.8. The number of amides is 2. The van der Waals surface area contributed by atoms with Crippen LogP contribution in [0.3, 0.4) is 0 Å². The summed E-state index contributed by atoms with van der Waals surface area (Å²) in [7, 11) is -3.13. The van der Waals surface area contributed by atoms with Crippen LogP contribution in [0.15, 0.2) is 0 Å². The van der Waals surface area contributed by atoms with E-state index in [2.05, 4.69) is 10.6 Å². The molecule has 0 aliphatic carbocycles. The van der Waals surface area contributed by atoms with Gasteiger partial charge in [-0.05, 0) is 6.92 Å². The summed E-state index contributed by atoms with van der Waals surface area (Å²) in [6, 6.07) is -0.489. The fraction of sp³-hybridized carbons (Fsp3) is 0.750. The van der Waals surface area contributed by atoms with Gasteiger partial charge >= 0.3 is 0 Å². The van der Waals surface area contributed by atoms with Crippen molar-refractivity contribution in [3.63, 3.8) is 0 Å². The molecule has 2 amide bonds. The molecule has 94 valence electrons. The van der Waals surface area contributed by atoms with Crippen LogP contribution in [0.1, 0.15) is 6.92 Å². The number of nitrogens with one attached hydrogen (secondary N) is 2. The van der Waals surface area contributed by atoms with Gasteiger partial charge in [-0.15, -0.1) is 0 Å². The summed E-state index contributed by atoms with van der Waals surface area (Å²) >= 11 is 0. The molecule has 0 bridgehead atoms. The molecule has 0 spiro atoms. The summed E-state index contributed by atoms with van der Waals surface area (Å²) in [6.45, 7) is 1.18. The molecule has 0 aromatic rings. The maximum Gasteiger partial charge on any atom is 0.239 e. The van der Waals surface area contributed by atoms with Crippen LogP contribution in [0, 0.1) is 0 Å². The van der Waals surface area contributed by atoms with Gasteiger partial charge in [0, 0.05) is 12.3 Å². The second-order valence-electron chi connectivity index (χ2n) is 3.54. The molecule has 1 atom stereocenters. The van der Waals surface area contributed by atoms with Crippen LogP contribution in [0.25, 0.3) is 0 Å². The maximum atomic E-state index is 11.2. The van der Waals surface area contributed by atoms with Crippen molar-refractivity contribution < 1.29 is 18.0 Å². The highest BCUT2D eigenvalue weighted by Crippen LogP contribution is 1.89. The number of carbonyl (C=O) groups excluding carboxylic acids is 2. The summed E-state index contributed by atoms with van der Waals surface area (Å²) in [5.74, 6) is -1.02. The number of hydrogen-bond acceptors (Lipinski definition) is 5. The highest BCUT2D eigenvalue weighted by atomic mass is 32.2. The standard InChI is InChI=1S/C8H17N3O4S/c1-6(5-16(2,14)15)11-8(13)4-10-7(12)3-9/h6H,3-5,9H2,1-2H3,(H,10,12)(H,11,13). The third-order valence-electron chi connectivity index (χ3n) is 1.59. The van der Waals surface area contributed by atoms with Crippen LogP contribution in [-0.4, -0.2) is 51.4 Å². The van der Waals surface area contributed by atoms with Gasteiger partial charge < -0.3 is 16.4 Å². The summed E-state index contributed by atoms with van der Waals surface area (Å²) in [5.41, 5.74) is 5.02. The molecule has 8 heteroatoms. The highest BCUT2D eigenvalue weighted by Gasteiger charge is 2.13. The van der Waals surface area contributed by atoms with Crippen molar-refractivity contribution in [2.75, 3.05) is 25.1 Å². The van der Waals surface area contributed by atoms with Gasteiger partial charge in [0.05, 0.1) is 18.8 Å². The predicted molar refractivity (Wildman–Crippen MR) is 59.4 cm³/mol. The second-order valence-corrected chi connectivity index (χ2v) is 5.73. The first kappa shape index (κ1) is 14.8. The maximum absolute atomic E-state index is 11.2. The Morgan fingerprint density at radius 3 is 2.31 bits per heavy atom. The monoisotopic (exact) mass is 251 g/mol. The van der Waals surface area contributed by atoms with Gasteiger partial charge in [-0.2, -0.15) is 0 Å². The largest absolute Gasteiger partial charge is 0.351 e. The van der Waals surface area contributed by atoms with Crippen molar-refractivity contribution in [2.24, 2.45) is 5.73 Å². The van der Waals surface area contributed by atoms with Crippen molar-refractivity contribution in [2.45, 2.75) is 13.0 Å². The van der Waals surface area contributed by atoms with Crippen LogP contribution >= 0.6 is 0 Å². The molecule has 0 rings (SSSR count). The van der Waals surface area contributed by atoms with Crippen molar-refractivity contribution in [1.82, 2.24) is 10.6 Å². The average Bonchev–Trinajstić information content (AvgIpc) is 2.10. The molecule has 4 N–H and O–H groups in total. The van der Waals surface area contributed by atoms with Crippen LogP contribution in [-0.2, 0) is 19.4 Å². The van der Waals surface area contributed by atoms with E-state index < -0.39 is 27.7 Å². The zero-order valence-corrected chi connectivity index (χ0v) is 10.1. The number of carbonyl (C=O) groups is 2. The van der Waals surface area contributed by atoms with Gasteiger partial charge in [0.1, 0.15) is 9.84 Å². The van der Waals surface area contributed by atoms with Gasteiger partial charge in [-0.3, -0.25) is 9.59 Å². The minimum absolute atomic E-state index is 0.135. The Hall–Kier alpha value is -1.15. The van der Waals surface area contributed by atoms with E-state index in [0.717, 1.165) is 6.26 Å². The molecule has 0 aliphatic rings. The SMILES string of the molecule is CC(CS(C)(=O)=O)NC(=O)CNC(=O)CN. The minimum atomic E-state index is -3.13. The van der Waals surface area contributed by atoms with E-state index in [1.165, 1.54) is 0 Å². The first-order valence-corrected chi connectivity index (χ1v) is 6.74. The molecular weight excluding hydrogens is 234 g/mol. The van der Waals surface area contributed by atoms with E-state index in [1.807, 2.05) is 0 Å². The Kier molecular flexibility index (Phi) is 5.97. The number of hydrogen-bond donors (Lipinski definition) is 3. The predicted octanol–water partition coefficient (Wildman–Crippen LogP) is -2.39. The lowest BCUT2D eigenvalue weighted by atomic mass is 10.4. The molecule has 0 aromatic heterocycles. The van der Waals surface area contributed by atoms with Crippen LogP contribution in [0.2, 0.25) is 0 Å². The molecule has 16 heavy (non-hydrogen) atoms. The number of nitrogens with two attached hydrogens (primary N) is 1. The lowest BCUT2D eigenvalue weighted by molar-refractivity contribution is -0.125. The molecule has 0 saturated carbocycles. The molecule has 0 heterocycles. The zero-order chi connectivity index (χ0) is 12.8. The van der Waals surface area contributed by atoms with E-state index in [-0.39, 0.29) is 18.8 Å². The van der Waals surface area contributed by atoms with Gasteiger partial charge in [0.15, 0.2) is 0 Å². The topological polar surface area (TPSA) is 118 Å². The van der Waals surface area contributed by atoms with Crippen molar-refractivity contribution in [3.8, 4) is 0 Å². The Balaban J connectivity index is 3.92. The molecule has 0 radical (unpaired) electrons. The van der Waals surface area contributed by atoms with Crippen LogP contribution in [0.5, 0.6) is 0 Å². The van der Waals surface area contributed by atoms with Crippen molar-refractivity contribution >= 4 is 21.7 Å². The van der Waals surface area contributed by atoms with Gasteiger partial charge in [0.25, 0.3) is 0 Å². The third kappa shape index (κ3) is 8.18. The highest BCUT2D eigenvalue weighted by molar-refractivity contribution is 7.90. The van der Waals surface area contributed by atoms with E-state index in [0.29, 0.717) is 0 Å². The van der Waals surface area contributed by atoms with Crippen molar-refractivity contribution in [3.05, 3.63) is 0 Å². The van der Waals surface area contributed by atoms with Crippen LogP contribution < -0.4 is 16.4 Å². The average molecular weight is 251 g/mol. The fourth-order valence-electron chi connectivity index (χ4n) is 1.07. The first-order chi connectivity index (χ1) is 7.24. The second kappa shape index (κ2) is 6.44. The summed E-state index contributed by atoms with van der Waals surface area (Å²) in [4.78, 5) is 21.9. The molecule has 0 saturated heterocycles. The van der Waals surface area contributed by atoms with Crippen LogP contribution in [0.4, 0.5) is 0 Å². The summed E-state index contributed by atoms with van der Waals surface area (Å²) in [5, 5.41) is 4.72. The Labute approximate surface area is 94.7 Å². The van der Waals surface area contributed by atoms with Crippen molar-refractivity contribution in [1.29, 1.82) is 0 Å². The smallest absolute Gasteiger partial charge is 0.239 e. The molecular formula is C8H17N3O4S. The Bertz CT molecular complexity index is 352. The lowest BCUT2D eigenvalue weighted by Crippen LogP contribution is -2.44. The quantitative estimate of drug-likeness (QED) is 0.487. The molecule has 1 unspecified atom stereocenters. The number of sulfone groups is 1. The van der Waals surface area contributed by atoms with E-state index in [1.54, 1.807) is 6.92 Å². The lowest BCUT2D eigenvalue weighted by Gasteiger charge is -2.12. The number of rotatable bonds is 6. The van der Waals surface area contributed by atoms with Gasteiger partial charge in [0.2, 0.25) is 11.8 Å². The Morgan fingerprint density at radius 1 is 1.31 bits per heavy atom. The zero-order valence-electron chi connectivity index (χ0n) is 9.32. The Morgan fingerprint density at radius 2 is 1.88 bits per heavy atom. The van der Waals surface area contributed by atoms with E-state index >= 15 is 0 Å². The minimum Gasteiger partial charge on any atom is -0.351 e. The normalized spacial score (nSPS) is 12.9. The van der Waals surface area contributed by atoms with E-state index in [4.69, 9.17) is 5.73 Å². The molecule has 7 nitrogen and oxygen atoms in total. The molecule has 0 aromatic carbocycles.